The summed E-state index contributed by atoms with van der Waals surface area (Å²) in [6.45, 7) is 3.72. The van der Waals surface area contributed by atoms with Crippen molar-refractivity contribution in [3.8, 4) is 23.0 Å². The summed E-state index contributed by atoms with van der Waals surface area (Å²) in [6, 6.07) is 10.1. The first-order chi connectivity index (χ1) is 11.6. The third kappa shape index (κ3) is 3.87. The Morgan fingerprint density at radius 3 is 2.21 bits per heavy atom. The predicted molar refractivity (Wildman–Crippen MR) is 91.4 cm³/mol. The van der Waals surface area contributed by atoms with Crippen molar-refractivity contribution in [3.63, 3.8) is 0 Å². The van der Waals surface area contributed by atoms with Gasteiger partial charge in [-0.15, -0.1) is 6.58 Å². The molecule has 5 nitrogen and oxygen atoms in total. The largest absolute Gasteiger partial charge is 0.497 e. The number of methoxy groups -OCH3 is 3. The van der Waals surface area contributed by atoms with Crippen LogP contribution in [0.4, 0.5) is 0 Å². The summed E-state index contributed by atoms with van der Waals surface area (Å²) in [5.41, 5.74) is 1.17. The van der Waals surface area contributed by atoms with Crippen molar-refractivity contribution >= 4 is 5.97 Å². The number of rotatable bonds is 7. The highest BCUT2D eigenvalue weighted by Gasteiger charge is 2.17. The molecule has 0 bridgehead atoms. The summed E-state index contributed by atoms with van der Waals surface area (Å²) in [4.78, 5) is 12.4. The van der Waals surface area contributed by atoms with E-state index in [0.717, 1.165) is 5.56 Å². The Labute approximate surface area is 141 Å². The van der Waals surface area contributed by atoms with Crippen LogP contribution in [0.1, 0.15) is 15.9 Å². The maximum Gasteiger partial charge on any atom is 0.343 e. The van der Waals surface area contributed by atoms with E-state index in [2.05, 4.69) is 6.58 Å². The van der Waals surface area contributed by atoms with E-state index in [-0.39, 0.29) is 0 Å². The van der Waals surface area contributed by atoms with Crippen molar-refractivity contribution in [1.82, 2.24) is 0 Å². The SMILES string of the molecule is C=CCc1cc(C(=O)Oc2ccc(OC)cc2)cc(OC)c1OC. The molecular formula is C19H20O5. The lowest BCUT2D eigenvalue weighted by molar-refractivity contribution is 0.0734. The summed E-state index contributed by atoms with van der Waals surface area (Å²) in [5, 5.41) is 0. The molecule has 0 aliphatic heterocycles. The number of carbonyl (C=O) groups is 1. The van der Waals surface area contributed by atoms with Crippen LogP contribution in [-0.4, -0.2) is 27.3 Å². The van der Waals surface area contributed by atoms with E-state index in [4.69, 9.17) is 18.9 Å². The minimum atomic E-state index is -0.480. The van der Waals surface area contributed by atoms with Crippen LogP contribution in [0.3, 0.4) is 0 Å². The fraction of sp³-hybridized carbons (Fsp3) is 0.211. The van der Waals surface area contributed by atoms with Gasteiger partial charge in [0.15, 0.2) is 11.5 Å². The van der Waals surface area contributed by atoms with Crippen LogP contribution in [0, 0.1) is 0 Å². The van der Waals surface area contributed by atoms with Crippen LogP contribution in [0.2, 0.25) is 0 Å². The molecule has 0 radical (unpaired) electrons. The molecule has 0 saturated heterocycles. The van der Waals surface area contributed by atoms with E-state index in [1.165, 1.54) is 7.11 Å². The van der Waals surface area contributed by atoms with Gasteiger partial charge in [0.2, 0.25) is 0 Å². The number of carbonyl (C=O) groups excluding carboxylic acids is 1. The molecule has 2 aromatic rings. The maximum absolute atomic E-state index is 12.4. The molecule has 0 amide bonds. The summed E-state index contributed by atoms with van der Waals surface area (Å²) in [5.74, 6) is 1.69. The van der Waals surface area contributed by atoms with E-state index in [1.807, 2.05) is 0 Å². The molecule has 2 aromatic carbocycles. The number of hydrogen-bond acceptors (Lipinski definition) is 5. The fourth-order valence-corrected chi connectivity index (χ4v) is 2.28. The first-order valence-electron chi connectivity index (χ1n) is 7.35. The molecule has 5 heteroatoms. The minimum Gasteiger partial charge on any atom is -0.497 e. The Balaban J connectivity index is 2.30. The average molecular weight is 328 g/mol. The van der Waals surface area contributed by atoms with E-state index in [1.54, 1.807) is 56.7 Å². The van der Waals surface area contributed by atoms with Gasteiger partial charge in [0.1, 0.15) is 11.5 Å². The normalized spacial score (nSPS) is 9.96. The minimum absolute atomic E-state index is 0.375. The third-order valence-corrected chi connectivity index (χ3v) is 3.43. The van der Waals surface area contributed by atoms with Crippen LogP contribution in [-0.2, 0) is 6.42 Å². The molecule has 0 heterocycles. The first-order valence-corrected chi connectivity index (χ1v) is 7.35. The topological polar surface area (TPSA) is 54.0 Å². The lowest BCUT2D eigenvalue weighted by Gasteiger charge is -2.14. The molecule has 0 spiro atoms. The van der Waals surface area contributed by atoms with Gasteiger partial charge in [-0.05, 0) is 42.8 Å². The molecule has 0 aromatic heterocycles. The number of hydrogen-bond donors (Lipinski definition) is 0. The maximum atomic E-state index is 12.4. The standard InChI is InChI=1S/C19H20O5/c1-5-6-13-11-14(12-17(22-3)18(13)23-4)19(20)24-16-9-7-15(21-2)8-10-16/h5,7-12H,1,6H2,2-4H3. The fourth-order valence-electron chi connectivity index (χ4n) is 2.28. The summed E-state index contributed by atoms with van der Waals surface area (Å²) in [7, 11) is 4.65. The highest BCUT2D eigenvalue weighted by molar-refractivity contribution is 5.92. The lowest BCUT2D eigenvalue weighted by Crippen LogP contribution is -2.10. The zero-order valence-electron chi connectivity index (χ0n) is 14.0. The molecule has 0 aliphatic rings. The number of esters is 1. The van der Waals surface area contributed by atoms with E-state index in [9.17, 15) is 4.79 Å². The van der Waals surface area contributed by atoms with Crippen LogP contribution in [0.25, 0.3) is 0 Å². The quantitative estimate of drug-likeness (QED) is 0.441. The molecule has 0 saturated carbocycles. The monoisotopic (exact) mass is 328 g/mol. The first kappa shape index (κ1) is 17.4. The van der Waals surface area contributed by atoms with Crippen LogP contribution in [0.5, 0.6) is 23.0 Å². The van der Waals surface area contributed by atoms with Crippen molar-refractivity contribution in [2.45, 2.75) is 6.42 Å². The van der Waals surface area contributed by atoms with Gasteiger partial charge in [-0.2, -0.15) is 0 Å². The van der Waals surface area contributed by atoms with Crippen molar-refractivity contribution < 1.29 is 23.7 Å². The molecule has 0 atom stereocenters. The van der Waals surface area contributed by atoms with Crippen molar-refractivity contribution in [1.29, 1.82) is 0 Å². The zero-order valence-corrected chi connectivity index (χ0v) is 14.0. The van der Waals surface area contributed by atoms with Gasteiger partial charge >= 0.3 is 5.97 Å². The van der Waals surface area contributed by atoms with Gasteiger partial charge in [0.05, 0.1) is 26.9 Å². The molecule has 2 rings (SSSR count). The van der Waals surface area contributed by atoms with Crippen LogP contribution < -0.4 is 18.9 Å². The van der Waals surface area contributed by atoms with Gasteiger partial charge in [-0.25, -0.2) is 4.79 Å². The van der Waals surface area contributed by atoms with Gasteiger partial charge in [-0.3, -0.25) is 0 Å². The Kier molecular flexibility index (Phi) is 5.84. The number of benzene rings is 2. The molecule has 0 unspecified atom stereocenters. The molecule has 24 heavy (non-hydrogen) atoms. The summed E-state index contributed by atoms with van der Waals surface area (Å²) < 4.78 is 21.1. The molecule has 0 aliphatic carbocycles. The van der Waals surface area contributed by atoms with Crippen molar-refractivity contribution in [2.24, 2.45) is 0 Å². The van der Waals surface area contributed by atoms with E-state index in [0.29, 0.717) is 35.0 Å². The molecule has 126 valence electrons. The average Bonchev–Trinajstić information content (AvgIpc) is 2.61. The highest BCUT2D eigenvalue weighted by atomic mass is 16.5. The lowest BCUT2D eigenvalue weighted by atomic mass is 10.1. The van der Waals surface area contributed by atoms with E-state index < -0.39 is 5.97 Å². The second-order valence-electron chi connectivity index (χ2n) is 4.93. The Morgan fingerprint density at radius 1 is 1.00 bits per heavy atom. The number of allylic oxidation sites excluding steroid dienone is 1. The van der Waals surface area contributed by atoms with Gasteiger partial charge in [0.25, 0.3) is 0 Å². The summed E-state index contributed by atoms with van der Waals surface area (Å²) >= 11 is 0. The summed E-state index contributed by atoms with van der Waals surface area (Å²) in [6.07, 6.45) is 2.28. The third-order valence-electron chi connectivity index (χ3n) is 3.43. The number of ether oxygens (including phenoxy) is 4. The second kappa shape index (κ2) is 8.06. The van der Waals surface area contributed by atoms with Crippen molar-refractivity contribution in [3.05, 3.63) is 60.2 Å². The molecule has 0 N–H and O–H groups in total. The van der Waals surface area contributed by atoms with E-state index >= 15 is 0 Å². The highest BCUT2D eigenvalue weighted by Crippen LogP contribution is 2.33. The Hall–Kier alpha value is -2.95. The van der Waals surface area contributed by atoms with Gasteiger partial charge in [0, 0.05) is 5.56 Å². The van der Waals surface area contributed by atoms with Gasteiger partial charge in [-0.1, -0.05) is 6.08 Å². The Morgan fingerprint density at radius 2 is 1.67 bits per heavy atom. The molecular weight excluding hydrogens is 308 g/mol. The smallest absolute Gasteiger partial charge is 0.343 e. The second-order valence-corrected chi connectivity index (χ2v) is 4.93. The zero-order chi connectivity index (χ0) is 17.5. The predicted octanol–water partition coefficient (Wildman–Crippen LogP) is 3.66. The molecule has 0 fully saturated rings. The van der Waals surface area contributed by atoms with Crippen molar-refractivity contribution in [2.75, 3.05) is 21.3 Å². The van der Waals surface area contributed by atoms with Gasteiger partial charge < -0.3 is 18.9 Å². The Bertz CT molecular complexity index is 719. The van der Waals surface area contributed by atoms with Crippen LogP contribution in [0.15, 0.2) is 49.1 Å². The van der Waals surface area contributed by atoms with Crippen LogP contribution >= 0.6 is 0 Å².